The van der Waals surface area contributed by atoms with E-state index in [2.05, 4.69) is 16.5 Å². The lowest BCUT2D eigenvalue weighted by Crippen LogP contribution is -1.96. The first-order chi connectivity index (χ1) is 5.38. The van der Waals surface area contributed by atoms with Gasteiger partial charge in [0.05, 0.1) is 7.11 Å². The average molecular weight is 150 g/mol. The molecule has 0 saturated heterocycles. The first kappa shape index (κ1) is 7.72. The zero-order chi connectivity index (χ0) is 8.10. The van der Waals surface area contributed by atoms with E-state index in [0.29, 0.717) is 12.3 Å². The maximum Gasteiger partial charge on any atom is 0.235 e. The predicted molar refractivity (Wildman–Crippen MR) is 42.5 cm³/mol. The summed E-state index contributed by atoms with van der Waals surface area (Å²) in [5, 5.41) is 0. The second kappa shape index (κ2) is 3.71. The van der Waals surface area contributed by atoms with Crippen molar-refractivity contribution in [1.29, 1.82) is 0 Å². The van der Waals surface area contributed by atoms with Crippen molar-refractivity contribution in [2.45, 2.75) is 6.42 Å². The van der Waals surface area contributed by atoms with Crippen LogP contribution in [0, 0.1) is 0 Å². The molecule has 0 amide bonds. The number of aromatic nitrogens is 2. The molecule has 1 rings (SSSR count). The van der Waals surface area contributed by atoms with Crippen molar-refractivity contribution in [3.05, 3.63) is 30.7 Å². The van der Waals surface area contributed by atoms with Crippen LogP contribution >= 0.6 is 0 Å². The Morgan fingerprint density at radius 1 is 1.55 bits per heavy atom. The lowest BCUT2D eigenvalue weighted by molar-refractivity contribution is 0.390. The Kier molecular flexibility index (Phi) is 2.60. The van der Waals surface area contributed by atoms with Gasteiger partial charge in [-0.1, -0.05) is 6.08 Å². The van der Waals surface area contributed by atoms with Gasteiger partial charge in [-0.2, -0.15) is 0 Å². The van der Waals surface area contributed by atoms with Gasteiger partial charge in [-0.3, -0.25) is 4.98 Å². The van der Waals surface area contributed by atoms with Crippen molar-refractivity contribution < 1.29 is 4.74 Å². The molecule has 0 radical (unpaired) electrons. The molecule has 0 atom stereocenters. The second-order valence-corrected chi connectivity index (χ2v) is 2.01. The second-order valence-electron chi connectivity index (χ2n) is 2.01. The fourth-order valence-corrected chi connectivity index (χ4v) is 0.801. The summed E-state index contributed by atoms with van der Waals surface area (Å²) >= 11 is 0. The van der Waals surface area contributed by atoms with E-state index in [1.165, 1.54) is 0 Å². The van der Waals surface area contributed by atoms with Crippen molar-refractivity contribution >= 4 is 0 Å². The number of rotatable bonds is 3. The Morgan fingerprint density at radius 2 is 2.27 bits per heavy atom. The summed E-state index contributed by atoms with van der Waals surface area (Å²) in [4.78, 5) is 8.06. The van der Waals surface area contributed by atoms with E-state index in [0.717, 1.165) is 5.69 Å². The maximum atomic E-state index is 4.98. The molecule has 0 fully saturated rings. The summed E-state index contributed by atoms with van der Waals surface area (Å²) in [7, 11) is 1.58. The molecule has 58 valence electrons. The molecule has 0 N–H and O–H groups in total. The third-order valence-corrected chi connectivity index (χ3v) is 1.27. The lowest BCUT2D eigenvalue weighted by atomic mass is 10.3. The average Bonchev–Trinajstić information content (AvgIpc) is 2.06. The molecule has 0 bridgehead atoms. The topological polar surface area (TPSA) is 35.0 Å². The fraction of sp³-hybridized carbons (Fsp3) is 0.250. The van der Waals surface area contributed by atoms with Crippen LogP contribution in [-0.2, 0) is 6.42 Å². The van der Waals surface area contributed by atoms with Gasteiger partial charge < -0.3 is 4.74 Å². The Hall–Kier alpha value is -1.38. The van der Waals surface area contributed by atoms with Crippen LogP contribution in [0.5, 0.6) is 5.88 Å². The molecule has 3 heteroatoms. The SMILES string of the molecule is C=CCc1nccnc1OC. The van der Waals surface area contributed by atoms with Crippen LogP contribution in [0.4, 0.5) is 0 Å². The highest BCUT2D eigenvalue weighted by atomic mass is 16.5. The molecule has 1 aromatic heterocycles. The minimum atomic E-state index is 0.576. The highest BCUT2D eigenvalue weighted by Gasteiger charge is 2.00. The quantitative estimate of drug-likeness (QED) is 0.607. The number of nitrogens with zero attached hydrogens (tertiary/aromatic N) is 2. The summed E-state index contributed by atoms with van der Waals surface area (Å²) in [5.41, 5.74) is 0.824. The number of methoxy groups -OCH3 is 1. The van der Waals surface area contributed by atoms with E-state index < -0.39 is 0 Å². The van der Waals surface area contributed by atoms with Crippen molar-refractivity contribution in [2.24, 2.45) is 0 Å². The van der Waals surface area contributed by atoms with Crippen LogP contribution in [0.25, 0.3) is 0 Å². The van der Waals surface area contributed by atoms with Gasteiger partial charge in [-0.15, -0.1) is 6.58 Å². The Bertz CT molecular complexity index is 248. The number of hydrogen-bond donors (Lipinski definition) is 0. The van der Waals surface area contributed by atoms with Crippen LogP contribution in [-0.4, -0.2) is 17.1 Å². The van der Waals surface area contributed by atoms with Crippen molar-refractivity contribution in [1.82, 2.24) is 9.97 Å². The van der Waals surface area contributed by atoms with E-state index in [1.807, 2.05) is 0 Å². The zero-order valence-electron chi connectivity index (χ0n) is 6.45. The maximum absolute atomic E-state index is 4.98. The molecule has 3 nitrogen and oxygen atoms in total. The minimum absolute atomic E-state index is 0.576. The molecule has 11 heavy (non-hydrogen) atoms. The molecule has 1 heterocycles. The molecule has 0 aromatic carbocycles. The molecular weight excluding hydrogens is 140 g/mol. The summed E-state index contributed by atoms with van der Waals surface area (Å²) in [6.45, 7) is 3.61. The highest BCUT2D eigenvalue weighted by Crippen LogP contribution is 2.10. The smallest absolute Gasteiger partial charge is 0.235 e. The van der Waals surface area contributed by atoms with Crippen molar-refractivity contribution in [3.63, 3.8) is 0 Å². The Morgan fingerprint density at radius 3 is 2.91 bits per heavy atom. The van der Waals surface area contributed by atoms with Gasteiger partial charge in [0.1, 0.15) is 5.69 Å². The number of allylic oxidation sites excluding steroid dienone is 1. The summed E-state index contributed by atoms with van der Waals surface area (Å²) in [6, 6.07) is 0. The van der Waals surface area contributed by atoms with Crippen LogP contribution in [0.3, 0.4) is 0 Å². The van der Waals surface area contributed by atoms with E-state index in [1.54, 1.807) is 25.6 Å². The van der Waals surface area contributed by atoms with E-state index in [4.69, 9.17) is 4.74 Å². The molecule has 0 saturated carbocycles. The zero-order valence-corrected chi connectivity index (χ0v) is 6.45. The summed E-state index contributed by atoms with van der Waals surface area (Å²) in [6.07, 6.45) is 5.70. The van der Waals surface area contributed by atoms with Gasteiger partial charge in [0.15, 0.2) is 0 Å². The van der Waals surface area contributed by atoms with Gasteiger partial charge >= 0.3 is 0 Å². The van der Waals surface area contributed by atoms with Crippen molar-refractivity contribution in [3.8, 4) is 5.88 Å². The van der Waals surface area contributed by atoms with E-state index in [-0.39, 0.29) is 0 Å². The Balaban J connectivity index is 2.92. The number of hydrogen-bond acceptors (Lipinski definition) is 3. The molecular formula is C8H10N2O. The molecule has 0 aliphatic heterocycles. The number of ether oxygens (including phenoxy) is 1. The third-order valence-electron chi connectivity index (χ3n) is 1.27. The van der Waals surface area contributed by atoms with E-state index in [9.17, 15) is 0 Å². The van der Waals surface area contributed by atoms with Crippen LogP contribution < -0.4 is 4.74 Å². The molecule has 1 aromatic rings. The van der Waals surface area contributed by atoms with Gasteiger partial charge in [0.25, 0.3) is 0 Å². The standard InChI is InChI=1S/C8H10N2O/c1-3-4-7-8(11-2)10-6-5-9-7/h3,5-6H,1,4H2,2H3. The third kappa shape index (κ3) is 1.77. The largest absolute Gasteiger partial charge is 0.480 e. The highest BCUT2D eigenvalue weighted by molar-refractivity contribution is 5.19. The summed E-state index contributed by atoms with van der Waals surface area (Å²) in [5.74, 6) is 0.576. The van der Waals surface area contributed by atoms with Crippen molar-refractivity contribution in [2.75, 3.05) is 7.11 Å². The first-order valence-corrected chi connectivity index (χ1v) is 3.33. The molecule has 0 unspecified atom stereocenters. The normalized spacial score (nSPS) is 9.18. The van der Waals surface area contributed by atoms with Gasteiger partial charge in [-0.25, -0.2) is 4.98 Å². The monoisotopic (exact) mass is 150 g/mol. The van der Waals surface area contributed by atoms with Crippen LogP contribution in [0.1, 0.15) is 5.69 Å². The molecule has 0 spiro atoms. The predicted octanol–water partition coefficient (Wildman–Crippen LogP) is 1.21. The lowest BCUT2D eigenvalue weighted by Gasteiger charge is -2.01. The fourth-order valence-electron chi connectivity index (χ4n) is 0.801. The Labute approximate surface area is 65.8 Å². The van der Waals surface area contributed by atoms with Gasteiger partial charge in [0, 0.05) is 18.8 Å². The van der Waals surface area contributed by atoms with Crippen LogP contribution in [0.2, 0.25) is 0 Å². The van der Waals surface area contributed by atoms with Gasteiger partial charge in [-0.05, 0) is 0 Å². The van der Waals surface area contributed by atoms with E-state index >= 15 is 0 Å². The molecule has 0 aliphatic rings. The molecule has 0 aliphatic carbocycles. The summed E-state index contributed by atoms with van der Waals surface area (Å²) < 4.78 is 4.98. The first-order valence-electron chi connectivity index (χ1n) is 3.33. The van der Waals surface area contributed by atoms with Crippen LogP contribution in [0.15, 0.2) is 25.0 Å². The minimum Gasteiger partial charge on any atom is -0.480 e. The van der Waals surface area contributed by atoms with Gasteiger partial charge in [0.2, 0.25) is 5.88 Å².